The molecule has 5 nitrogen and oxygen atoms in total. The molecule has 1 aliphatic rings. The normalized spacial score (nSPS) is 12.8. The molecule has 2 heterocycles. The summed E-state index contributed by atoms with van der Waals surface area (Å²) in [7, 11) is 0. The lowest BCUT2D eigenvalue weighted by Gasteiger charge is -2.21. The Hall–Kier alpha value is -7.16. The number of para-hydroxylation sites is 1. The van der Waals surface area contributed by atoms with Gasteiger partial charge in [-0.3, -0.25) is 0 Å². The molecule has 0 bridgehead atoms. The molecular weight excluding hydrogens is 659 g/mol. The van der Waals surface area contributed by atoms with Gasteiger partial charge in [0, 0.05) is 44.1 Å². The number of hydrogen-bond acceptors (Lipinski definition) is 4. The molecule has 0 N–H and O–H groups in total. The summed E-state index contributed by atoms with van der Waals surface area (Å²) >= 11 is 0. The van der Waals surface area contributed by atoms with Gasteiger partial charge in [-0.25, -0.2) is 15.0 Å². The van der Waals surface area contributed by atoms with E-state index in [1.165, 1.54) is 38.5 Å². The first-order valence-electron chi connectivity index (χ1n) is 18.2. The Morgan fingerprint density at radius 1 is 0.500 bits per heavy atom. The minimum Gasteiger partial charge on any atom is -0.309 e. The smallest absolute Gasteiger partial charge is 0.164 e. The number of nitriles is 1. The van der Waals surface area contributed by atoms with Crippen molar-refractivity contribution in [1.29, 1.82) is 5.26 Å². The summed E-state index contributed by atoms with van der Waals surface area (Å²) in [6.07, 6.45) is 0. The van der Waals surface area contributed by atoms with Gasteiger partial charge in [0.2, 0.25) is 0 Å². The molecule has 0 unspecified atom stereocenters. The lowest BCUT2D eigenvalue weighted by Crippen LogP contribution is -2.14. The molecule has 0 saturated heterocycles. The third-order valence-electron chi connectivity index (χ3n) is 10.8. The number of fused-ring (bicyclic) bond motifs is 7. The lowest BCUT2D eigenvalue weighted by molar-refractivity contribution is 0.661. The van der Waals surface area contributed by atoms with E-state index in [-0.39, 0.29) is 5.41 Å². The third kappa shape index (κ3) is 4.96. The van der Waals surface area contributed by atoms with Crippen LogP contribution in [0.4, 0.5) is 0 Å². The first kappa shape index (κ1) is 31.6. The topological polar surface area (TPSA) is 67.4 Å². The second-order valence-electron chi connectivity index (χ2n) is 14.4. The quantitative estimate of drug-likeness (QED) is 0.180. The zero-order valence-corrected chi connectivity index (χ0v) is 29.8. The first-order valence-corrected chi connectivity index (χ1v) is 18.2. The molecule has 7 aromatic carbocycles. The summed E-state index contributed by atoms with van der Waals surface area (Å²) < 4.78 is 2.42. The van der Waals surface area contributed by atoms with Crippen molar-refractivity contribution in [2.24, 2.45) is 0 Å². The molecule has 0 aliphatic heterocycles. The average molecular weight is 692 g/mol. The molecule has 5 heteroatoms. The van der Waals surface area contributed by atoms with Crippen molar-refractivity contribution in [2.75, 3.05) is 0 Å². The molecule has 0 atom stereocenters. The Balaban J connectivity index is 1.31. The summed E-state index contributed by atoms with van der Waals surface area (Å²) in [4.78, 5) is 15.2. The summed E-state index contributed by atoms with van der Waals surface area (Å²) in [6, 6.07) is 58.9. The van der Waals surface area contributed by atoms with Gasteiger partial charge in [0.05, 0.1) is 22.7 Å². The van der Waals surface area contributed by atoms with E-state index < -0.39 is 0 Å². The molecule has 0 spiro atoms. The molecule has 0 radical (unpaired) electrons. The van der Waals surface area contributed by atoms with Crippen LogP contribution in [0.5, 0.6) is 0 Å². The lowest BCUT2D eigenvalue weighted by atomic mass is 9.82. The van der Waals surface area contributed by atoms with Gasteiger partial charge in [0.25, 0.3) is 0 Å². The highest BCUT2D eigenvalue weighted by Gasteiger charge is 2.37. The van der Waals surface area contributed by atoms with Crippen LogP contribution in [-0.4, -0.2) is 19.5 Å². The Morgan fingerprint density at radius 3 is 1.83 bits per heavy atom. The van der Waals surface area contributed by atoms with Crippen LogP contribution < -0.4 is 0 Å². The van der Waals surface area contributed by atoms with Crippen LogP contribution in [0.25, 0.3) is 83.9 Å². The van der Waals surface area contributed by atoms with E-state index in [2.05, 4.69) is 109 Å². The summed E-state index contributed by atoms with van der Waals surface area (Å²) in [5.74, 6) is 1.78. The molecule has 0 amide bonds. The Labute approximate surface area is 313 Å². The maximum absolute atomic E-state index is 9.89. The van der Waals surface area contributed by atoms with Gasteiger partial charge in [-0.15, -0.1) is 0 Å². The summed E-state index contributed by atoms with van der Waals surface area (Å²) in [5.41, 5.74) is 13.5. The largest absolute Gasteiger partial charge is 0.309 e. The molecule has 9 aromatic rings. The Bertz CT molecular complexity index is 2910. The van der Waals surface area contributed by atoms with Crippen LogP contribution in [0.2, 0.25) is 0 Å². The van der Waals surface area contributed by atoms with Crippen molar-refractivity contribution in [3.8, 4) is 68.2 Å². The number of hydrogen-bond donors (Lipinski definition) is 0. The van der Waals surface area contributed by atoms with E-state index in [1.54, 1.807) is 0 Å². The van der Waals surface area contributed by atoms with Crippen molar-refractivity contribution < 1.29 is 0 Å². The van der Waals surface area contributed by atoms with E-state index >= 15 is 0 Å². The highest BCUT2D eigenvalue weighted by Crippen LogP contribution is 2.53. The van der Waals surface area contributed by atoms with Gasteiger partial charge >= 0.3 is 0 Å². The van der Waals surface area contributed by atoms with E-state index in [9.17, 15) is 5.26 Å². The standard InChI is InChI=1S/C49H33N5/c1-49(2)41-22-11-9-21-40(41)44-42(49)25-24-39-38-20-10-12-23-43(38)54(45(39)44)37-28-35(34-19-13-14-31(26-34)30-50)27-36(29-37)48-52-46(32-15-5-3-6-16-32)51-47(53-48)33-17-7-4-8-18-33/h3-29H,1-2H3. The van der Waals surface area contributed by atoms with Gasteiger partial charge in [-0.2, -0.15) is 5.26 Å². The van der Waals surface area contributed by atoms with Crippen molar-refractivity contribution in [1.82, 2.24) is 19.5 Å². The third-order valence-corrected chi connectivity index (χ3v) is 10.8. The molecule has 0 saturated carbocycles. The van der Waals surface area contributed by atoms with Crippen molar-refractivity contribution in [3.05, 3.63) is 180 Å². The van der Waals surface area contributed by atoms with E-state index in [0.717, 1.165) is 39.0 Å². The number of rotatable bonds is 5. The number of nitrogens with zero attached hydrogens (tertiary/aromatic N) is 5. The zero-order valence-electron chi connectivity index (χ0n) is 29.8. The number of benzene rings is 7. The molecule has 2 aromatic heterocycles. The van der Waals surface area contributed by atoms with Crippen LogP contribution in [-0.2, 0) is 5.41 Å². The van der Waals surface area contributed by atoms with E-state index in [0.29, 0.717) is 23.0 Å². The summed E-state index contributed by atoms with van der Waals surface area (Å²) in [5, 5.41) is 12.3. The van der Waals surface area contributed by atoms with Crippen molar-refractivity contribution in [2.45, 2.75) is 19.3 Å². The monoisotopic (exact) mass is 691 g/mol. The summed E-state index contributed by atoms with van der Waals surface area (Å²) in [6.45, 7) is 4.65. The molecule has 54 heavy (non-hydrogen) atoms. The van der Waals surface area contributed by atoms with Crippen LogP contribution in [0.3, 0.4) is 0 Å². The van der Waals surface area contributed by atoms with Crippen LogP contribution in [0.15, 0.2) is 164 Å². The SMILES string of the molecule is CC1(C)c2ccccc2-c2c1ccc1c3ccccc3n(-c3cc(-c4cccc(C#N)c4)cc(-c4nc(-c5ccccc5)nc(-c5ccccc5)n4)c3)c21. The van der Waals surface area contributed by atoms with Crippen LogP contribution in [0.1, 0.15) is 30.5 Å². The Kier molecular flexibility index (Phi) is 7.14. The van der Waals surface area contributed by atoms with Gasteiger partial charge in [0.15, 0.2) is 17.5 Å². The average Bonchev–Trinajstić information content (AvgIpc) is 3.70. The first-order chi connectivity index (χ1) is 26.5. The van der Waals surface area contributed by atoms with Crippen LogP contribution in [0, 0.1) is 11.3 Å². The van der Waals surface area contributed by atoms with Gasteiger partial charge in [-0.05, 0) is 64.2 Å². The second-order valence-corrected chi connectivity index (χ2v) is 14.4. The molecule has 1 aliphatic carbocycles. The Morgan fingerprint density at radius 2 is 1.11 bits per heavy atom. The van der Waals surface area contributed by atoms with Gasteiger partial charge < -0.3 is 4.57 Å². The fraction of sp³-hybridized carbons (Fsp3) is 0.0612. The maximum atomic E-state index is 9.89. The number of aromatic nitrogens is 4. The van der Waals surface area contributed by atoms with E-state index in [4.69, 9.17) is 15.0 Å². The fourth-order valence-corrected chi connectivity index (χ4v) is 8.25. The predicted molar refractivity (Wildman–Crippen MR) is 218 cm³/mol. The highest BCUT2D eigenvalue weighted by molar-refractivity contribution is 6.15. The van der Waals surface area contributed by atoms with Gasteiger partial charge in [-0.1, -0.05) is 141 Å². The highest BCUT2D eigenvalue weighted by atomic mass is 15.0. The molecule has 10 rings (SSSR count). The predicted octanol–water partition coefficient (Wildman–Crippen LogP) is 11.8. The van der Waals surface area contributed by atoms with E-state index in [1.807, 2.05) is 78.9 Å². The minimum absolute atomic E-state index is 0.154. The molecule has 254 valence electrons. The second kappa shape index (κ2) is 12.2. The minimum atomic E-state index is -0.154. The van der Waals surface area contributed by atoms with Crippen LogP contribution >= 0.6 is 0 Å². The van der Waals surface area contributed by atoms with Crippen molar-refractivity contribution in [3.63, 3.8) is 0 Å². The van der Waals surface area contributed by atoms with Gasteiger partial charge in [0.1, 0.15) is 0 Å². The zero-order chi connectivity index (χ0) is 36.4. The fourth-order valence-electron chi connectivity index (χ4n) is 8.25. The van der Waals surface area contributed by atoms with Crippen molar-refractivity contribution >= 4 is 21.8 Å². The maximum Gasteiger partial charge on any atom is 0.164 e. The molecular formula is C49H33N5. The molecule has 0 fully saturated rings.